The Morgan fingerprint density at radius 2 is 2.30 bits per heavy atom. The monoisotopic (exact) mass is 285 g/mol. The summed E-state index contributed by atoms with van der Waals surface area (Å²) in [5.41, 5.74) is 3.23. The van der Waals surface area contributed by atoms with Gasteiger partial charge in [0.05, 0.1) is 6.61 Å². The molecule has 20 heavy (non-hydrogen) atoms. The quantitative estimate of drug-likeness (QED) is 0.587. The van der Waals surface area contributed by atoms with Gasteiger partial charge in [0.1, 0.15) is 11.7 Å². The summed E-state index contributed by atoms with van der Waals surface area (Å²) in [6, 6.07) is 0. The summed E-state index contributed by atoms with van der Waals surface area (Å²) in [5, 5.41) is 18.9. The summed E-state index contributed by atoms with van der Waals surface area (Å²) >= 11 is 0. The molecule has 0 aliphatic carbocycles. The van der Waals surface area contributed by atoms with Crippen molar-refractivity contribution in [2.24, 2.45) is 10.7 Å². The average Bonchev–Trinajstić information content (AvgIpc) is 2.60. The molecule has 2 rings (SSSR count). The van der Waals surface area contributed by atoms with Gasteiger partial charge in [-0.1, -0.05) is 12.5 Å². The molecule has 8 heteroatoms. The third-order valence-corrected chi connectivity index (χ3v) is 3.15. The Kier molecular flexibility index (Phi) is 3.29. The normalized spacial score (nSPS) is 35.9. The third kappa shape index (κ3) is 1.87. The van der Waals surface area contributed by atoms with E-state index in [1.165, 1.54) is 12.3 Å². The van der Waals surface area contributed by atoms with Crippen molar-refractivity contribution < 1.29 is 23.7 Å². The lowest BCUT2D eigenvalue weighted by molar-refractivity contribution is -0.150. The van der Waals surface area contributed by atoms with E-state index in [4.69, 9.17) is 16.9 Å². The maximum absolute atomic E-state index is 14.1. The van der Waals surface area contributed by atoms with Crippen LogP contribution < -0.4 is 5.73 Å². The Balaban J connectivity index is 2.37. The van der Waals surface area contributed by atoms with Gasteiger partial charge in [-0.2, -0.15) is 8.78 Å². The van der Waals surface area contributed by atoms with Crippen LogP contribution in [0, 0.1) is 12.3 Å². The lowest BCUT2D eigenvalue weighted by Gasteiger charge is -2.31. The first kappa shape index (κ1) is 14.5. The SMILES string of the molecule is C#C[C@]1(CO)O[C@@H](N2C=CC(N)=NC2=C)C(F)(F)[C@@H]1O. The van der Waals surface area contributed by atoms with Crippen molar-refractivity contribution in [2.75, 3.05) is 6.61 Å². The highest BCUT2D eigenvalue weighted by Crippen LogP contribution is 2.44. The summed E-state index contributed by atoms with van der Waals surface area (Å²) in [6.07, 6.45) is 3.27. The number of hydrogen-bond acceptors (Lipinski definition) is 6. The van der Waals surface area contributed by atoms with Crippen LogP contribution in [0.2, 0.25) is 0 Å². The highest BCUT2D eigenvalue weighted by atomic mass is 19.3. The number of hydrogen-bond donors (Lipinski definition) is 3. The van der Waals surface area contributed by atoms with E-state index in [1.807, 2.05) is 5.92 Å². The Bertz CT molecular complexity index is 541. The van der Waals surface area contributed by atoms with E-state index < -0.39 is 30.5 Å². The smallest absolute Gasteiger partial charge is 0.321 e. The van der Waals surface area contributed by atoms with Crippen LogP contribution >= 0.6 is 0 Å². The van der Waals surface area contributed by atoms with Crippen molar-refractivity contribution in [3.05, 3.63) is 24.7 Å². The van der Waals surface area contributed by atoms with Gasteiger partial charge in [-0.15, -0.1) is 6.42 Å². The van der Waals surface area contributed by atoms with Crippen molar-refractivity contribution in [1.82, 2.24) is 4.90 Å². The van der Waals surface area contributed by atoms with Gasteiger partial charge in [-0.05, 0) is 6.08 Å². The van der Waals surface area contributed by atoms with E-state index in [0.29, 0.717) is 0 Å². The minimum absolute atomic E-state index is 0.0902. The van der Waals surface area contributed by atoms with Crippen molar-refractivity contribution in [2.45, 2.75) is 23.9 Å². The number of aliphatic hydroxyl groups excluding tert-OH is 2. The average molecular weight is 285 g/mol. The van der Waals surface area contributed by atoms with E-state index >= 15 is 0 Å². The van der Waals surface area contributed by atoms with Crippen LogP contribution in [0.4, 0.5) is 8.78 Å². The lowest BCUT2D eigenvalue weighted by Crippen LogP contribution is -2.49. The number of nitrogens with two attached hydrogens (primary N) is 1. The highest BCUT2D eigenvalue weighted by Gasteiger charge is 2.67. The number of aliphatic hydroxyl groups is 2. The highest BCUT2D eigenvalue weighted by molar-refractivity contribution is 5.92. The summed E-state index contributed by atoms with van der Waals surface area (Å²) in [5.74, 6) is -1.84. The van der Waals surface area contributed by atoms with E-state index in [-0.39, 0.29) is 11.7 Å². The molecular weight excluding hydrogens is 272 g/mol. The second-order valence-corrected chi connectivity index (χ2v) is 4.42. The molecule has 1 saturated heterocycles. The molecule has 1 fully saturated rings. The lowest BCUT2D eigenvalue weighted by atomic mass is 9.96. The van der Waals surface area contributed by atoms with Crippen LogP contribution in [0.25, 0.3) is 0 Å². The number of halogens is 2. The van der Waals surface area contributed by atoms with Gasteiger partial charge in [0, 0.05) is 6.20 Å². The predicted molar refractivity (Wildman–Crippen MR) is 66.2 cm³/mol. The molecule has 0 bridgehead atoms. The maximum Gasteiger partial charge on any atom is 0.321 e. The van der Waals surface area contributed by atoms with Crippen LogP contribution in [0.15, 0.2) is 29.7 Å². The number of alkyl halides is 2. The van der Waals surface area contributed by atoms with Crippen LogP contribution in [-0.2, 0) is 4.74 Å². The minimum Gasteiger partial charge on any atom is -0.392 e. The second kappa shape index (κ2) is 4.56. The molecule has 6 nitrogen and oxygen atoms in total. The first-order valence-corrected chi connectivity index (χ1v) is 5.60. The number of rotatable bonds is 2. The van der Waals surface area contributed by atoms with Crippen LogP contribution in [-0.4, -0.2) is 51.4 Å². The topological polar surface area (TPSA) is 91.3 Å². The minimum atomic E-state index is -3.73. The third-order valence-electron chi connectivity index (χ3n) is 3.15. The molecule has 4 N–H and O–H groups in total. The molecule has 0 aromatic rings. The summed E-state index contributed by atoms with van der Waals surface area (Å²) in [7, 11) is 0. The Morgan fingerprint density at radius 3 is 2.75 bits per heavy atom. The van der Waals surface area contributed by atoms with Gasteiger partial charge in [-0.25, -0.2) is 4.99 Å². The van der Waals surface area contributed by atoms with Gasteiger partial charge in [-0.3, -0.25) is 0 Å². The molecule has 0 spiro atoms. The van der Waals surface area contributed by atoms with Crippen molar-refractivity contribution in [1.29, 1.82) is 0 Å². The number of aliphatic imine (C=N–C) groups is 1. The molecule has 0 amide bonds. The summed E-state index contributed by atoms with van der Waals surface area (Å²) < 4.78 is 33.3. The fraction of sp³-hybridized carbons (Fsp3) is 0.417. The molecule has 0 unspecified atom stereocenters. The second-order valence-electron chi connectivity index (χ2n) is 4.42. The summed E-state index contributed by atoms with van der Waals surface area (Å²) in [6.45, 7) is 2.53. The van der Waals surface area contributed by atoms with Gasteiger partial charge in [0.15, 0.2) is 11.7 Å². The zero-order valence-corrected chi connectivity index (χ0v) is 10.3. The summed E-state index contributed by atoms with van der Waals surface area (Å²) in [4.78, 5) is 4.63. The number of terminal acetylenes is 1. The molecule has 2 aliphatic rings. The first-order chi connectivity index (χ1) is 9.28. The fourth-order valence-electron chi connectivity index (χ4n) is 2.01. The van der Waals surface area contributed by atoms with Gasteiger partial charge >= 0.3 is 5.92 Å². The fourth-order valence-corrected chi connectivity index (χ4v) is 2.01. The van der Waals surface area contributed by atoms with Crippen LogP contribution in [0.3, 0.4) is 0 Å². The largest absolute Gasteiger partial charge is 0.392 e. The van der Waals surface area contributed by atoms with Crippen LogP contribution in [0.5, 0.6) is 0 Å². The number of nitrogens with zero attached hydrogens (tertiary/aromatic N) is 2. The molecule has 0 aromatic carbocycles. The molecule has 0 aromatic heterocycles. The standard InChI is InChI=1S/C12H13F2N3O3/c1-3-11(6-18)9(19)12(13,14)10(20-11)17-5-4-8(15)16-7(17)2/h1,4-5,9-10,18-19H,2,6H2,(H2,15,16)/t9-,10-,11-/m1/s1. The van der Waals surface area contributed by atoms with Gasteiger partial charge < -0.3 is 25.6 Å². The molecule has 2 aliphatic heterocycles. The zero-order valence-electron chi connectivity index (χ0n) is 10.3. The van der Waals surface area contributed by atoms with E-state index in [0.717, 1.165) is 4.90 Å². The Hall–Kier alpha value is -1.95. The predicted octanol–water partition coefficient (Wildman–Crippen LogP) is -0.639. The zero-order chi connectivity index (χ0) is 15.1. The molecular formula is C12H13F2N3O3. The molecule has 2 heterocycles. The van der Waals surface area contributed by atoms with E-state index in [2.05, 4.69) is 11.6 Å². The number of ether oxygens (including phenoxy) is 1. The Labute approximate surface area is 113 Å². The van der Waals surface area contributed by atoms with Gasteiger partial charge in [0.2, 0.25) is 6.23 Å². The molecule has 3 atom stereocenters. The first-order valence-electron chi connectivity index (χ1n) is 5.60. The van der Waals surface area contributed by atoms with Crippen molar-refractivity contribution >= 4 is 5.84 Å². The Morgan fingerprint density at radius 1 is 1.65 bits per heavy atom. The number of amidine groups is 1. The molecule has 0 saturated carbocycles. The maximum atomic E-state index is 14.1. The molecule has 0 radical (unpaired) electrons. The van der Waals surface area contributed by atoms with Gasteiger partial charge in [0.25, 0.3) is 0 Å². The van der Waals surface area contributed by atoms with Crippen LogP contribution in [0.1, 0.15) is 0 Å². The van der Waals surface area contributed by atoms with Crippen molar-refractivity contribution in [3.63, 3.8) is 0 Å². The van der Waals surface area contributed by atoms with Crippen molar-refractivity contribution in [3.8, 4) is 12.3 Å². The molecule has 108 valence electrons. The van der Waals surface area contributed by atoms with E-state index in [9.17, 15) is 19.0 Å². The van der Waals surface area contributed by atoms with E-state index in [1.54, 1.807) is 0 Å².